The highest BCUT2D eigenvalue weighted by Gasteiger charge is 2.18. The van der Waals surface area contributed by atoms with Crippen LogP contribution in [0, 0.1) is 0 Å². The maximum absolute atomic E-state index is 12.7. The number of para-hydroxylation sites is 1. The molecule has 0 radical (unpaired) electrons. The van der Waals surface area contributed by atoms with Crippen molar-refractivity contribution in [3.05, 3.63) is 59.8 Å². The molecule has 1 atom stereocenters. The Morgan fingerprint density at radius 1 is 1.19 bits per heavy atom. The predicted molar refractivity (Wildman–Crippen MR) is 97.7 cm³/mol. The monoisotopic (exact) mass is 375 g/mol. The van der Waals surface area contributed by atoms with Crippen molar-refractivity contribution in [2.45, 2.75) is 13.2 Å². The van der Waals surface area contributed by atoms with Crippen LogP contribution >= 0.6 is 0 Å². The lowest BCUT2D eigenvalue weighted by atomic mass is 10.1. The van der Waals surface area contributed by atoms with Crippen LogP contribution in [0.5, 0.6) is 11.5 Å². The van der Waals surface area contributed by atoms with Gasteiger partial charge in [0.05, 0.1) is 14.2 Å². The van der Waals surface area contributed by atoms with Gasteiger partial charge in [0.2, 0.25) is 5.78 Å². The molecular formula is C20H21F2N2O3+. The third kappa shape index (κ3) is 4.43. The Kier molecular flexibility index (Phi) is 5.71. The van der Waals surface area contributed by atoms with Gasteiger partial charge in [-0.3, -0.25) is 4.79 Å². The number of benzene rings is 2. The molecule has 2 N–H and O–H groups in total. The fourth-order valence-corrected chi connectivity index (χ4v) is 3.10. The van der Waals surface area contributed by atoms with Gasteiger partial charge in [-0.2, -0.15) is 8.78 Å². The van der Waals surface area contributed by atoms with Crippen molar-refractivity contribution in [3.63, 3.8) is 0 Å². The van der Waals surface area contributed by atoms with E-state index in [2.05, 4.69) is 9.72 Å². The van der Waals surface area contributed by atoms with Crippen molar-refractivity contribution >= 4 is 16.7 Å². The van der Waals surface area contributed by atoms with Gasteiger partial charge in [-0.25, -0.2) is 0 Å². The van der Waals surface area contributed by atoms with Gasteiger partial charge in [-0.05, 0) is 24.3 Å². The highest BCUT2D eigenvalue weighted by Crippen LogP contribution is 2.29. The number of aromatic amines is 1. The number of likely N-dealkylation sites (N-methyl/N-ethyl adjacent to an activating group) is 1. The molecule has 1 heterocycles. The normalized spacial score (nSPS) is 12.3. The standard InChI is InChI=1S/C20H20F2N2O3/c1-24(11-13-7-8-18(27-20(21)22)19(9-13)26-2)12-17(25)15-10-23-16-6-4-3-5-14(15)16/h3-10,20,23H,11-12H2,1-2H3/p+1. The summed E-state index contributed by atoms with van der Waals surface area (Å²) in [5.41, 5.74) is 2.46. The Morgan fingerprint density at radius 2 is 1.96 bits per heavy atom. The minimum Gasteiger partial charge on any atom is -0.493 e. The van der Waals surface area contributed by atoms with Gasteiger partial charge in [-0.15, -0.1) is 0 Å². The topological polar surface area (TPSA) is 55.8 Å². The summed E-state index contributed by atoms with van der Waals surface area (Å²) in [6.07, 6.45) is 1.74. The molecule has 0 spiro atoms. The molecule has 2 aromatic carbocycles. The summed E-state index contributed by atoms with van der Waals surface area (Å²) in [5, 5.41) is 0.908. The van der Waals surface area contributed by atoms with Crippen molar-refractivity contribution in [2.75, 3.05) is 20.7 Å². The van der Waals surface area contributed by atoms with Crippen LogP contribution < -0.4 is 14.4 Å². The average Bonchev–Trinajstić information content (AvgIpc) is 3.06. The van der Waals surface area contributed by atoms with Gasteiger partial charge < -0.3 is 19.4 Å². The summed E-state index contributed by atoms with van der Waals surface area (Å²) < 4.78 is 34.4. The minimum atomic E-state index is -2.91. The second kappa shape index (κ2) is 8.18. The van der Waals surface area contributed by atoms with Crippen LogP contribution in [0.1, 0.15) is 15.9 Å². The molecule has 0 aliphatic rings. The number of carbonyl (C=O) groups is 1. The number of quaternary nitrogens is 1. The number of halogens is 2. The van der Waals surface area contributed by atoms with Crippen molar-refractivity contribution in [1.29, 1.82) is 0 Å². The largest absolute Gasteiger partial charge is 0.493 e. The molecule has 3 aromatic rings. The number of hydrogen-bond acceptors (Lipinski definition) is 3. The van der Waals surface area contributed by atoms with E-state index in [1.165, 1.54) is 13.2 Å². The van der Waals surface area contributed by atoms with E-state index in [1.807, 2.05) is 31.3 Å². The Balaban J connectivity index is 1.68. The number of nitrogens with one attached hydrogen (secondary N) is 2. The smallest absolute Gasteiger partial charge is 0.387 e. The van der Waals surface area contributed by atoms with E-state index in [9.17, 15) is 13.6 Å². The predicted octanol–water partition coefficient (Wildman–Crippen LogP) is 2.68. The lowest BCUT2D eigenvalue weighted by Gasteiger charge is -2.15. The van der Waals surface area contributed by atoms with E-state index < -0.39 is 6.61 Å². The molecular weight excluding hydrogens is 354 g/mol. The quantitative estimate of drug-likeness (QED) is 0.595. The first-order chi connectivity index (χ1) is 13.0. The summed E-state index contributed by atoms with van der Waals surface area (Å²) in [6.45, 7) is -2.06. The highest BCUT2D eigenvalue weighted by atomic mass is 19.3. The molecule has 0 saturated heterocycles. The first-order valence-electron chi connectivity index (χ1n) is 8.50. The molecule has 142 valence electrons. The molecule has 7 heteroatoms. The fourth-order valence-electron chi connectivity index (χ4n) is 3.10. The third-order valence-corrected chi connectivity index (χ3v) is 4.30. The van der Waals surface area contributed by atoms with Crippen LogP contribution in [-0.2, 0) is 6.54 Å². The summed E-state index contributed by atoms with van der Waals surface area (Å²) >= 11 is 0. The number of alkyl halides is 2. The number of hydrogen-bond donors (Lipinski definition) is 2. The van der Waals surface area contributed by atoms with E-state index in [4.69, 9.17) is 4.74 Å². The number of aromatic nitrogens is 1. The first-order valence-corrected chi connectivity index (χ1v) is 8.50. The van der Waals surface area contributed by atoms with Crippen molar-refractivity contribution in [3.8, 4) is 11.5 Å². The van der Waals surface area contributed by atoms with Gasteiger partial charge in [0.1, 0.15) is 13.1 Å². The second-order valence-electron chi connectivity index (χ2n) is 6.35. The SMILES string of the molecule is COc1cc(C[NH+](C)CC(=O)c2c[nH]c3ccccc23)ccc1OC(F)F. The van der Waals surface area contributed by atoms with Gasteiger partial charge in [-0.1, -0.05) is 18.2 Å². The molecule has 1 unspecified atom stereocenters. The molecule has 0 fully saturated rings. The van der Waals surface area contributed by atoms with Crippen molar-refractivity contribution < 1.29 is 27.9 Å². The Hall–Kier alpha value is -2.93. The number of fused-ring (bicyclic) bond motifs is 1. The lowest BCUT2D eigenvalue weighted by molar-refractivity contribution is -0.884. The first kappa shape index (κ1) is 18.8. The van der Waals surface area contributed by atoms with Crippen LogP contribution in [0.4, 0.5) is 8.78 Å². The molecule has 1 aromatic heterocycles. The van der Waals surface area contributed by atoms with E-state index in [0.717, 1.165) is 21.4 Å². The van der Waals surface area contributed by atoms with Crippen molar-refractivity contribution in [1.82, 2.24) is 4.98 Å². The second-order valence-corrected chi connectivity index (χ2v) is 6.35. The van der Waals surface area contributed by atoms with E-state index in [-0.39, 0.29) is 17.3 Å². The van der Waals surface area contributed by atoms with Crippen LogP contribution in [0.3, 0.4) is 0 Å². The Labute approximate surface area is 155 Å². The third-order valence-electron chi connectivity index (χ3n) is 4.30. The zero-order valence-corrected chi connectivity index (χ0v) is 15.1. The molecule has 0 bridgehead atoms. The van der Waals surface area contributed by atoms with E-state index in [0.29, 0.717) is 18.7 Å². The fraction of sp³-hybridized carbons (Fsp3) is 0.250. The maximum atomic E-state index is 12.7. The van der Waals surface area contributed by atoms with Gasteiger partial charge >= 0.3 is 6.61 Å². The average molecular weight is 375 g/mol. The number of H-pyrrole nitrogens is 1. The number of Topliss-reactive ketones (excluding diaryl/α,β-unsaturated/α-hetero) is 1. The summed E-state index contributed by atoms with van der Waals surface area (Å²) in [7, 11) is 3.30. The molecule has 0 saturated carbocycles. The van der Waals surface area contributed by atoms with Gasteiger partial charge in [0, 0.05) is 28.2 Å². The maximum Gasteiger partial charge on any atom is 0.387 e. The highest BCUT2D eigenvalue weighted by molar-refractivity contribution is 6.08. The van der Waals surface area contributed by atoms with E-state index >= 15 is 0 Å². The van der Waals surface area contributed by atoms with Crippen LogP contribution in [0.25, 0.3) is 10.9 Å². The van der Waals surface area contributed by atoms with Crippen LogP contribution in [0.15, 0.2) is 48.7 Å². The van der Waals surface area contributed by atoms with Crippen LogP contribution in [0.2, 0.25) is 0 Å². The minimum absolute atomic E-state index is 0.0104. The molecule has 5 nitrogen and oxygen atoms in total. The number of ketones is 1. The van der Waals surface area contributed by atoms with E-state index in [1.54, 1.807) is 18.3 Å². The number of methoxy groups -OCH3 is 1. The summed E-state index contributed by atoms with van der Waals surface area (Å²) in [4.78, 5) is 16.7. The zero-order valence-electron chi connectivity index (χ0n) is 15.1. The summed E-state index contributed by atoms with van der Waals surface area (Å²) in [6, 6.07) is 12.5. The molecule has 3 rings (SSSR count). The molecule has 0 amide bonds. The van der Waals surface area contributed by atoms with Crippen molar-refractivity contribution in [2.24, 2.45) is 0 Å². The number of rotatable bonds is 8. The zero-order chi connectivity index (χ0) is 19.4. The summed E-state index contributed by atoms with van der Waals surface area (Å²) in [5.74, 6) is 0.266. The Bertz CT molecular complexity index is 940. The molecule has 0 aliphatic carbocycles. The number of ether oxygens (including phenoxy) is 2. The lowest BCUT2D eigenvalue weighted by Crippen LogP contribution is -3.08. The number of carbonyl (C=O) groups excluding carboxylic acids is 1. The molecule has 27 heavy (non-hydrogen) atoms. The van der Waals surface area contributed by atoms with Gasteiger partial charge in [0.25, 0.3) is 0 Å². The molecule has 0 aliphatic heterocycles. The van der Waals surface area contributed by atoms with Gasteiger partial charge in [0.15, 0.2) is 11.5 Å². The Morgan fingerprint density at radius 3 is 2.70 bits per heavy atom. The van der Waals surface area contributed by atoms with Crippen LogP contribution in [-0.4, -0.2) is 38.1 Å².